The Hall–Kier alpha value is -0.715. The minimum absolute atomic E-state index is 0.0754. The Bertz CT molecular complexity index is 319. The van der Waals surface area contributed by atoms with Crippen LogP contribution in [0.3, 0.4) is 0 Å². The Kier molecular flexibility index (Phi) is 4.76. The van der Waals surface area contributed by atoms with E-state index >= 15 is 0 Å². The molecule has 2 fully saturated rings. The van der Waals surface area contributed by atoms with Crippen molar-refractivity contribution >= 4 is 12.9 Å². The van der Waals surface area contributed by atoms with E-state index in [2.05, 4.69) is 0 Å². The molecule has 1 saturated carbocycles. The third-order valence-electron chi connectivity index (χ3n) is 4.07. The summed E-state index contributed by atoms with van der Waals surface area (Å²) in [5.74, 6) is 0.410. The molecule has 0 bridgehead atoms. The van der Waals surface area contributed by atoms with E-state index in [9.17, 15) is 17.7 Å². The summed E-state index contributed by atoms with van der Waals surface area (Å²) in [5, 5.41) is 0. The Labute approximate surface area is 112 Å². The van der Waals surface area contributed by atoms with Crippen LogP contribution >= 0.6 is 0 Å². The smallest absolute Gasteiger partial charge is 0.448 e. The van der Waals surface area contributed by atoms with Crippen molar-refractivity contribution in [1.29, 1.82) is 0 Å². The first-order valence-corrected chi connectivity index (χ1v) is 7.15. The van der Waals surface area contributed by atoms with Crippen molar-refractivity contribution in [2.24, 2.45) is 5.92 Å². The molecule has 1 aliphatic carbocycles. The minimum atomic E-state index is -4.83. The second-order valence-electron chi connectivity index (χ2n) is 5.79. The van der Waals surface area contributed by atoms with Crippen LogP contribution in [0, 0.1) is 5.92 Å². The highest BCUT2D eigenvalue weighted by Crippen LogP contribution is 2.25. The monoisotopic (exact) mass is 277 g/mol. The number of halogens is 3. The van der Waals surface area contributed by atoms with Gasteiger partial charge in [-0.1, -0.05) is 19.3 Å². The summed E-state index contributed by atoms with van der Waals surface area (Å²) < 4.78 is 37.0. The molecular formula is C12H21BF3N2O-. The molecule has 0 aromatic carbocycles. The number of amides is 1. The first kappa shape index (κ1) is 14.7. The van der Waals surface area contributed by atoms with E-state index in [0.717, 1.165) is 19.4 Å². The van der Waals surface area contributed by atoms with Crippen molar-refractivity contribution in [2.45, 2.75) is 32.1 Å². The van der Waals surface area contributed by atoms with E-state index in [1.54, 1.807) is 4.90 Å². The molecule has 0 aromatic rings. The lowest BCUT2D eigenvalue weighted by molar-refractivity contribution is -0.136. The Balaban J connectivity index is 1.78. The third-order valence-corrected chi connectivity index (χ3v) is 4.07. The zero-order chi connectivity index (χ0) is 13.9. The summed E-state index contributed by atoms with van der Waals surface area (Å²) in [7, 11) is 0. The van der Waals surface area contributed by atoms with Gasteiger partial charge in [0, 0.05) is 19.6 Å². The van der Waals surface area contributed by atoms with Crippen LogP contribution in [0.15, 0.2) is 0 Å². The molecule has 0 spiro atoms. The maximum atomic E-state index is 12.3. The normalized spacial score (nSPS) is 23.9. The van der Waals surface area contributed by atoms with Gasteiger partial charge in [0.1, 0.15) is 0 Å². The van der Waals surface area contributed by atoms with Crippen LogP contribution in [0.5, 0.6) is 0 Å². The lowest BCUT2D eigenvalue weighted by Gasteiger charge is -2.38. The van der Waals surface area contributed by atoms with E-state index < -0.39 is 13.4 Å². The zero-order valence-corrected chi connectivity index (χ0v) is 11.2. The third kappa shape index (κ3) is 4.71. The van der Waals surface area contributed by atoms with Crippen LogP contribution in [-0.4, -0.2) is 55.3 Å². The van der Waals surface area contributed by atoms with E-state index in [1.807, 2.05) is 0 Å². The molecule has 110 valence electrons. The average Bonchev–Trinajstić information content (AvgIpc) is 2.32. The molecule has 0 aromatic heterocycles. The lowest BCUT2D eigenvalue weighted by Crippen LogP contribution is -2.54. The molecule has 2 aliphatic rings. The summed E-state index contributed by atoms with van der Waals surface area (Å²) in [5.41, 5.74) is 0. The average molecular weight is 277 g/mol. The van der Waals surface area contributed by atoms with Crippen molar-refractivity contribution < 1.29 is 17.7 Å². The van der Waals surface area contributed by atoms with E-state index in [0.29, 0.717) is 19.0 Å². The topological polar surface area (TPSA) is 23.6 Å². The summed E-state index contributed by atoms with van der Waals surface area (Å²) in [6.45, 7) is -3.37. The number of carbonyl (C=O) groups excluding carboxylic acids is 1. The van der Waals surface area contributed by atoms with Crippen molar-refractivity contribution in [3.8, 4) is 0 Å². The molecule has 0 N–H and O–H groups in total. The second-order valence-corrected chi connectivity index (χ2v) is 5.79. The molecule has 2 rings (SSSR count). The first-order valence-electron chi connectivity index (χ1n) is 7.15. The quantitative estimate of drug-likeness (QED) is 0.735. The standard InChI is InChI=1S/C12H21BF3N2O/c14-13(15,16)10-17-6-7-18(12(19)9-17)8-11-4-2-1-3-5-11/h11H,1-10H2/q-1. The van der Waals surface area contributed by atoms with Gasteiger partial charge in [-0.3, -0.25) is 4.79 Å². The highest BCUT2D eigenvalue weighted by atomic mass is 19.4. The van der Waals surface area contributed by atoms with Gasteiger partial charge in [-0.15, -0.1) is 0 Å². The molecule has 0 atom stereocenters. The number of hydrogen-bond donors (Lipinski definition) is 0. The number of rotatable bonds is 4. The molecule has 1 amide bonds. The van der Waals surface area contributed by atoms with Gasteiger partial charge < -0.3 is 22.7 Å². The van der Waals surface area contributed by atoms with Gasteiger partial charge in [0.25, 0.3) is 0 Å². The van der Waals surface area contributed by atoms with Crippen molar-refractivity contribution in [3.63, 3.8) is 0 Å². The molecule has 0 radical (unpaired) electrons. The van der Waals surface area contributed by atoms with Gasteiger partial charge in [0.05, 0.1) is 6.54 Å². The van der Waals surface area contributed by atoms with Crippen LogP contribution in [0.1, 0.15) is 32.1 Å². The Morgan fingerprint density at radius 2 is 1.79 bits per heavy atom. The molecule has 0 unspecified atom stereocenters. The largest absolute Gasteiger partial charge is 0.492 e. The van der Waals surface area contributed by atoms with Gasteiger partial charge >= 0.3 is 6.98 Å². The van der Waals surface area contributed by atoms with Gasteiger partial charge in [0.2, 0.25) is 5.91 Å². The fourth-order valence-corrected chi connectivity index (χ4v) is 3.08. The summed E-state index contributed by atoms with van der Waals surface area (Å²) in [6, 6.07) is 0. The fraction of sp³-hybridized carbons (Fsp3) is 0.917. The lowest BCUT2D eigenvalue weighted by atomic mass is 9.88. The summed E-state index contributed by atoms with van der Waals surface area (Å²) >= 11 is 0. The molecular weight excluding hydrogens is 256 g/mol. The van der Waals surface area contributed by atoms with Crippen LogP contribution in [0.4, 0.5) is 12.9 Å². The van der Waals surface area contributed by atoms with Crippen molar-refractivity contribution in [2.75, 3.05) is 32.6 Å². The van der Waals surface area contributed by atoms with E-state index in [4.69, 9.17) is 0 Å². The van der Waals surface area contributed by atoms with Gasteiger partial charge in [0.15, 0.2) is 0 Å². The number of piperazine rings is 1. The minimum Gasteiger partial charge on any atom is -0.448 e. The summed E-state index contributed by atoms with van der Waals surface area (Å²) in [6.07, 6.45) is 5.10. The van der Waals surface area contributed by atoms with Crippen LogP contribution in [-0.2, 0) is 4.79 Å². The van der Waals surface area contributed by atoms with E-state index in [-0.39, 0.29) is 12.5 Å². The maximum Gasteiger partial charge on any atom is 0.492 e. The van der Waals surface area contributed by atoms with Crippen LogP contribution in [0.2, 0.25) is 0 Å². The van der Waals surface area contributed by atoms with Gasteiger partial charge in [-0.2, -0.15) is 0 Å². The maximum absolute atomic E-state index is 12.3. The van der Waals surface area contributed by atoms with E-state index in [1.165, 1.54) is 24.2 Å². The fourth-order valence-electron chi connectivity index (χ4n) is 3.08. The molecule has 7 heteroatoms. The predicted octanol–water partition coefficient (Wildman–Crippen LogP) is 2.10. The first-order chi connectivity index (χ1) is 8.94. The van der Waals surface area contributed by atoms with Crippen molar-refractivity contribution in [1.82, 2.24) is 9.80 Å². The van der Waals surface area contributed by atoms with Crippen molar-refractivity contribution in [3.05, 3.63) is 0 Å². The number of nitrogens with zero attached hydrogens (tertiary/aromatic N) is 2. The van der Waals surface area contributed by atoms with Gasteiger partial charge in [-0.25, -0.2) is 0 Å². The van der Waals surface area contributed by atoms with Gasteiger partial charge in [-0.05, 0) is 25.2 Å². The molecule has 1 aliphatic heterocycles. The van der Waals surface area contributed by atoms with Crippen LogP contribution < -0.4 is 0 Å². The molecule has 1 saturated heterocycles. The summed E-state index contributed by atoms with van der Waals surface area (Å²) in [4.78, 5) is 14.9. The zero-order valence-electron chi connectivity index (χ0n) is 11.2. The highest BCUT2D eigenvalue weighted by Gasteiger charge is 2.32. The number of carbonyl (C=O) groups is 1. The molecule has 19 heavy (non-hydrogen) atoms. The SMILES string of the molecule is O=C1CN(C[B-](F)(F)F)CCN1CC1CCCCC1. The Morgan fingerprint density at radius 1 is 1.11 bits per heavy atom. The van der Waals surface area contributed by atoms with Crippen LogP contribution in [0.25, 0.3) is 0 Å². The second kappa shape index (κ2) is 6.16. The molecule has 1 heterocycles. The predicted molar refractivity (Wildman–Crippen MR) is 68.7 cm³/mol. The Morgan fingerprint density at radius 3 is 2.37 bits per heavy atom. The highest BCUT2D eigenvalue weighted by molar-refractivity contribution is 6.58. The number of hydrogen-bond acceptors (Lipinski definition) is 2. The molecule has 3 nitrogen and oxygen atoms in total.